The fourth-order valence-electron chi connectivity index (χ4n) is 1.97. The van der Waals surface area contributed by atoms with Gasteiger partial charge in [0.1, 0.15) is 5.56 Å². The van der Waals surface area contributed by atoms with E-state index in [1.165, 1.54) is 36.4 Å². The van der Waals surface area contributed by atoms with Crippen LogP contribution in [0.5, 0.6) is 0 Å². The Balaban J connectivity index is 2.50. The summed E-state index contributed by atoms with van der Waals surface area (Å²) < 4.78 is 0. The average Bonchev–Trinajstić information content (AvgIpc) is 2.46. The molecule has 0 fully saturated rings. The molecular formula is C15H10ClNO5. The van der Waals surface area contributed by atoms with Crippen molar-refractivity contribution in [3.8, 4) is 0 Å². The van der Waals surface area contributed by atoms with E-state index >= 15 is 0 Å². The molecule has 0 heterocycles. The molecule has 0 aromatic heterocycles. The first-order valence-corrected chi connectivity index (χ1v) is 6.55. The molecule has 0 bridgehead atoms. The van der Waals surface area contributed by atoms with Crippen molar-refractivity contribution < 1.29 is 19.6 Å². The summed E-state index contributed by atoms with van der Waals surface area (Å²) in [6.07, 6.45) is -0.321. The van der Waals surface area contributed by atoms with Crippen LogP contribution in [0.25, 0.3) is 0 Å². The second-order valence-electron chi connectivity index (χ2n) is 4.52. The number of carboxylic acid groups (broad SMARTS) is 1. The molecule has 0 saturated heterocycles. The van der Waals surface area contributed by atoms with Crippen molar-refractivity contribution in [2.45, 2.75) is 6.42 Å². The summed E-state index contributed by atoms with van der Waals surface area (Å²) in [4.78, 5) is 33.6. The number of nitro benzene ring substituents is 1. The molecule has 22 heavy (non-hydrogen) atoms. The molecule has 7 heteroatoms. The Bertz CT molecular complexity index is 755. The van der Waals surface area contributed by atoms with Crippen molar-refractivity contribution in [3.05, 3.63) is 74.3 Å². The minimum Gasteiger partial charge on any atom is -0.481 e. The number of aliphatic carboxylic acids is 1. The molecule has 0 amide bonds. The van der Waals surface area contributed by atoms with E-state index < -0.39 is 16.7 Å². The average molecular weight is 320 g/mol. The predicted molar refractivity (Wildman–Crippen MR) is 79.3 cm³/mol. The Morgan fingerprint density at radius 1 is 1.14 bits per heavy atom. The summed E-state index contributed by atoms with van der Waals surface area (Å²) >= 11 is 5.74. The first kappa shape index (κ1) is 15.7. The zero-order chi connectivity index (χ0) is 16.3. The molecule has 0 unspecified atom stereocenters. The molecular weight excluding hydrogens is 310 g/mol. The highest BCUT2D eigenvalue weighted by Crippen LogP contribution is 2.24. The Morgan fingerprint density at radius 3 is 2.32 bits per heavy atom. The van der Waals surface area contributed by atoms with E-state index in [-0.39, 0.29) is 23.2 Å². The van der Waals surface area contributed by atoms with Gasteiger partial charge in [-0.25, -0.2) is 0 Å². The molecule has 0 aliphatic heterocycles. The van der Waals surface area contributed by atoms with Crippen LogP contribution in [-0.4, -0.2) is 21.8 Å². The van der Waals surface area contributed by atoms with E-state index in [0.717, 1.165) is 6.07 Å². The molecule has 2 aromatic carbocycles. The maximum Gasteiger partial charge on any atom is 0.307 e. The summed E-state index contributed by atoms with van der Waals surface area (Å²) in [5.74, 6) is -1.64. The third-order valence-corrected chi connectivity index (χ3v) is 3.22. The molecule has 0 saturated carbocycles. The summed E-state index contributed by atoms with van der Waals surface area (Å²) in [7, 11) is 0. The quantitative estimate of drug-likeness (QED) is 0.518. The molecule has 0 atom stereocenters. The fourth-order valence-corrected chi connectivity index (χ4v) is 2.09. The van der Waals surface area contributed by atoms with E-state index in [1.807, 2.05) is 0 Å². The lowest BCUT2D eigenvalue weighted by molar-refractivity contribution is -0.385. The number of hydrogen-bond acceptors (Lipinski definition) is 4. The van der Waals surface area contributed by atoms with E-state index in [1.54, 1.807) is 0 Å². The van der Waals surface area contributed by atoms with Gasteiger partial charge in [0.25, 0.3) is 5.69 Å². The third kappa shape index (κ3) is 3.48. The monoisotopic (exact) mass is 319 g/mol. The van der Waals surface area contributed by atoms with Gasteiger partial charge in [-0.05, 0) is 35.9 Å². The molecule has 112 valence electrons. The van der Waals surface area contributed by atoms with Crippen molar-refractivity contribution in [2.24, 2.45) is 0 Å². The smallest absolute Gasteiger partial charge is 0.307 e. The maximum absolute atomic E-state index is 12.4. The van der Waals surface area contributed by atoms with Gasteiger partial charge in [0, 0.05) is 16.7 Å². The zero-order valence-electron chi connectivity index (χ0n) is 11.2. The first-order chi connectivity index (χ1) is 10.4. The molecule has 1 N–H and O–H groups in total. The van der Waals surface area contributed by atoms with Gasteiger partial charge in [-0.2, -0.15) is 0 Å². The number of rotatable bonds is 5. The van der Waals surface area contributed by atoms with Crippen LogP contribution in [-0.2, 0) is 11.2 Å². The van der Waals surface area contributed by atoms with Crippen molar-refractivity contribution in [3.63, 3.8) is 0 Å². The van der Waals surface area contributed by atoms with Crippen LogP contribution in [0, 0.1) is 10.1 Å². The van der Waals surface area contributed by atoms with Crippen molar-refractivity contribution in [2.75, 3.05) is 0 Å². The lowest BCUT2D eigenvalue weighted by Gasteiger charge is -2.05. The number of ketones is 1. The Kier molecular flexibility index (Phi) is 4.53. The van der Waals surface area contributed by atoms with Crippen LogP contribution < -0.4 is 0 Å². The molecule has 2 rings (SSSR count). The highest BCUT2D eigenvalue weighted by molar-refractivity contribution is 6.30. The van der Waals surface area contributed by atoms with E-state index in [2.05, 4.69) is 0 Å². The predicted octanol–water partition coefficient (Wildman–Crippen LogP) is 3.11. The maximum atomic E-state index is 12.4. The number of carboxylic acids is 1. The second kappa shape index (κ2) is 6.36. The number of hydrogen-bond donors (Lipinski definition) is 1. The normalized spacial score (nSPS) is 10.2. The molecule has 6 nitrogen and oxygen atoms in total. The van der Waals surface area contributed by atoms with Gasteiger partial charge in [-0.3, -0.25) is 19.7 Å². The number of benzene rings is 2. The minimum absolute atomic E-state index is 0.147. The van der Waals surface area contributed by atoms with Gasteiger partial charge in [-0.1, -0.05) is 17.7 Å². The topological polar surface area (TPSA) is 97.5 Å². The van der Waals surface area contributed by atoms with Gasteiger partial charge < -0.3 is 5.11 Å². The van der Waals surface area contributed by atoms with E-state index in [0.29, 0.717) is 10.6 Å². The number of nitrogens with zero attached hydrogens (tertiary/aromatic N) is 1. The van der Waals surface area contributed by atoms with E-state index in [4.69, 9.17) is 16.7 Å². The summed E-state index contributed by atoms with van der Waals surface area (Å²) in [6, 6.07) is 9.62. The molecule has 0 aliphatic rings. The van der Waals surface area contributed by atoms with Crippen LogP contribution in [0.1, 0.15) is 21.5 Å². The zero-order valence-corrected chi connectivity index (χ0v) is 11.9. The fraction of sp³-hybridized carbons (Fsp3) is 0.0667. The lowest BCUT2D eigenvalue weighted by Crippen LogP contribution is -2.08. The Labute approximate surface area is 130 Å². The summed E-state index contributed by atoms with van der Waals surface area (Å²) in [6.45, 7) is 0. The van der Waals surface area contributed by atoms with Gasteiger partial charge in [0.15, 0.2) is 5.78 Å². The van der Waals surface area contributed by atoms with Gasteiger partial charge in [0.05, 0.1) is 11.3 Å². The highest BCUT2D eigenvalue weighted by atomic mass is 35.5. The molecule has 0 radical (unpaired) electrons. The Morgan fingerprint density at radius 2 is 1.77 bits per heavy atom. The van der Waals surface area contributed by atoms with Crippen LogP contribution in [0.15, 0.2) is 42.5 Å². The molecule has 0 aliphatic carbocycles. The van der Waals surface area contributed by atoms with Crippen LogP contribution in [0.2, 0.25) is 5.02 Å². The largest absolute Gasteiger partial charge is 0.481 e. The van der Waals surface area contributed by atoms with Crippen LogP contribution in [0.3, 0.4) is 0 Å². The number of nitro groups is 1. The van der Waals surface area contributed by atoms with Crippen LogP contribution in [0.4, 0.5) is 5.69 Å². The lowest BCUT2D eigenvalue weighted by atomic mass is 9.98. The minimum atomic E-state index is -1.08. The number of halogens is 1. The number of carbonyl (C=O) groups is 2. The Hall–Kier alpha value is -2.73. The van der Waals surface area contributed by atoms with E-state index in [9.17, 15) is 19.7 Å². The third-order valence-electron chi connectivity index (χ3n) is 2.96. The van der Waals surface area contributed by atoms with Gasteiger partial charge in [0.2, 0.25) is 0 Å². The first-order valence-electron chi connectivity index (χ1n) is 6.18. The van der Waals surface area contributed by atoms with Gasteiger partial charge in [-0.15, -0.1) is 0 Å². The molecule has 2 aromatic rings. The SMILES string of the molecule is O=C(O)Cc1ccc([N+](=O)[O-])c(C(=O)c2ccc(Cl)cc2)c1. The van der Waals surface area contributed by atoms with Crippen LogP contribution >= 0.6 is 11.6 Å². The summed E-state index contributed by atoms with van der Waals surface area (Å²) in [5.41, 5.74) is 0.0375. The molecule has 0 spiro atoms. The second-order valence-corrected chi connectivity index (χ2v) is 4.95. The van der Waals surface area contributed by atoms with Crippen molar-refractivity contribution in [1.29, 1.82) is 0 Å². The van der Waals surface area contributed by atoms with Crippen molar-refractivity contribution >= 4 is 29.0 Å². The number of carbonyl (C=O) groups excluding carboxylic acids is 1. The summed E-state index contributed by atoms with van der Waals surface area (Å²) in [5, 5.41) is 20.3. The van der Waals surface area contributed by atoms with Crippen molar-refractivity contribution in [1.82, 2.24) is 0 Å². The standard InChI is InChI=1S/C15H10ClNO5/c16-11-4-2-10(3-5-11)15(20)12-7-9(8-14(18)19)1-6-13(12)17(21)22/h1-7H,8H2,(H,18,19). The van der Waals surface area contributed by atoms with Gasteiger partial charge >= 0.3 is 5.97 Å². The highest BCUT2D eigenvalue weighted by Gasteiger charge is 2.22.